The Bertz CT molecular complexity index is 996. The number of anilines is 2. The lowest BCUT2D eigenvalue weighted by Gasteiger charge is -2.39. The van der Waals surface area contributed by atoms with Crippen molar-refractivity contribution in [2.75, 3.05) is 23.5 Å². The minimum atomic E-state index is -0.871. The van der Waals surface area contributed by atoms with E-state index in [1.54, 1.807) is 43.5 Å². The highest BCUT2D eigenvalue weighted by Crippen LogP contribution is 2.36. The Balaban J connectivity index is 1.78. The number of methoxy groups -OCH3 is 1. The predicted octanol–water partition coefficient (Wildman–Crippen LogP) is 3.72. The summed E-state index contributed by atoms with van der Waals surface area (Å²) in [5, 5.41) is 0. The predicted molar refractivity (Wildman–Crippen MR) is 105 cm³/mol. The number of ether oxygens (including phenoxy) is 1. The van der Waals surface area contributed by atoms with Gasteiger partial charge in [0.15, 0.2) is 6.04 Å². The highest BCUT2D eigenvalue weighted by Gasteiger charge is 2.43. The first-order valence-electron chi connectivity index (χ1n) is 8.96. The Kier molecular flexibility index (Phi) is 4.61. The number of para-hydroxylation sites is 1. The van der Waals surface area contributed by atoms with Gasteiger partial charge >= 0.3 is 0 Å². The molecule has 2 aromatic carbocycles. The molecule has 1 aliphatic rings. The third-order valence-electron chi connectivity index (χ3n) is 4.89. The van der Waals surface area contributed by atoms with Crippen LogP contribution in [-0.2, 0) is 9.59 Å². The summed E-state index contributed by atoms with van der Waals surface area (Å²) < 4.78 is 10.7. The Hall–Kier alpha value is -3.54. The quantitative estimate of drug-likeness (QED) is 0.696. The van der Waals surface area contributed by atoms with E-state index < -0.39 is 6.04 Å². The molecule has 1 saturated heterocycles. The third kappa shape index (κ3) is 3.03. The molecular weight excluding hydrogens is 356 g/mol. The molecule has 0 bridgehead atoms. The number of carbonyl (C=O) groups excluding carboxylic acids is 2. The van der Waals surface area contributed by atoms with Crippen LogP contribution < -0.4 is 14.5 Å². The first kappa shape index (κ1) is 17.9. The average Bonchev–Trinajstić information content (AvgIpc) is 3.24. The van der Waals surface area contributed by atoms with Crippen molar-refractivity contribution in [1.29, 1.82) is 0 Å². The molecule has 1 aliphatic heterocycles. The SMILES string of the molecule is COc1ccc(N2C(=O)CN(c3ccccc3C)C(=O)C2c2ccco2)cc1. The lowest BCUT2D eigenvalue weighted by molar-refractivity contribution is -0.129. The van der Waals surface area contributed by atoms with Gasteiger partial charge in [0, 0.05) is 11.4 Å². The zero-order valence-corrected chi connectivity index (χ0v) is 15.7. The molecule has 3 aromatic rings. The van der Waals surface area contributed by atoms with Crippen molar-refractivity contribution in [2.45, 2.75) is 13.0 Å². The summed E-state index contributed by atoms with van der Waals surface area (Å²) in [4.78, 5) is 29.7. The van der Waals surface area contributed by atoms with Crippen LogP contribution in [0.3, 0.4) is 0 Å². The van der Waals surface area contributed by atoms with Crippen LogP contribution in [0, 0.1) is 6.92 Å². The molecule has 28 heavy (non-hydrogen) atoms. The summed E-state index contributed by atoms with van der Waals surface area (Å²) in [6, 6.07) is 17.2. The molecule has 1 unspecified atom stereocenters. The molecular formula is C22H20N2O4. The molecule has 0 saturated carbocycles. The maximum atomic E-state index is 13.5. The largest absolute Gasteiger partial charge is 0.497 e. The van der Waals surface area contributed by atoms with Crippen molar-refractivity contribution >= 4 is 23.2 Å². The number of carbonyl (C=O) groups is 2. The number of aryl methyl sites for hydroxylation is 1. The zero-order chi connectivity index (χ0) is 19.7. The number of amides is 2. The number of furan rings is 1. The molecule has 1 fully saturated rings. The summed E-state index contributed by atoms with van der Waals surface area (Å²) in [5.41, 5.74) is 2.27. The van der Waals surface area contributed by atoms with E-state index in [4.69, 9.17) is 9.15 Å². The monoisotopic (exact) mass is 376 g/mol. The number of hydrogen-bond donors (Lipinski definition) is 0. The molecule has 0 spiro atoms. The fourth-order valence-corrected chi connectivity index (χ4v) is 3.49. The van der Waals surface area contributed by atoms with Gasteiger partial charge in [0.05, 0.1) is 13.4 Å². The number of benzene rings is 2. The second-order valence-electron chi connectivity index (χ2n) is 6.59. The minimum absolute atomic E-state index is 0.0348. The first-order chi connectivity index (χ1) is 13.6. The van der Waals surface area contributed by atoms with Gasteiger partial charge in [-0.3, -0.25) is 14.5 Å². The fourth-order valence-electron chi connectivity index (χ4n) is 3.49. The van der Waals surface area contributed by atoms with E-state index in [-0.39, 0.29) is 18.4 Å². The summed E-state index contributed by atoms with van der Waals surface area (Å²) in [6.07, 6.45) is 1.51. The Labute approximate surface area is 162 Å². The molecule has 1 aromatic heterocycles. The summed E-state index contributed by atoms with van der Waals surface area (Å²) in [6.45, 7) is 1.89. The molecule has 1 atom stereocenters. The van der Waals surface area contributed by atoms with E-state index in [0.717, 1.165) is 11.3 Å². The van der Waals surface area contributed by atoms with Crippen LogP contribution in [0.2, 0.25) is 0 Å². The summed E-state index contributed by atoms with van der Waals surface area (Å²) in [7, 11) is 1.58. The van der Waals surface area contributed by atoms with Crippen molar-refractivity contribution in [1.82, 2.24) is 0 Å². The number of rotatable bonds is 4. The van der Waals surface area contributed by atoms with Crippen LogP contribution in [0.15, 0.2) is 71.3 Å². The third-order valence-corrected chi connectivity index (χ3v) is 4.89. The maximum Gasteiger partial charge on any atom is 0.258 e. The smallest absolute Gasteiger partial charge is 0.258 e. The van der Waals surface area contributed by atoms with Crippen LogP contribution in [0.5, 0.6) is 5.75 Å². The van der Waals surface area contributed by atoms with Gasteiger partial charge in [-0.2, -0.15) is 0 Å². The van der Waals surface area contributed by atoms with Crippen LogP contribution in [0.25, 0.3) is 0 Å². The Morgan fingerprint density at radius 3 is 2.39 bits per heavy atom. The van der Waals surface area contributed by atoms with Gasteiger partial charge in [0.1, 0.15) is 18.1 Å². The van der Waals surface area contributed by atoms with Crippen molar-refractivity contribution in [2.24, 2.45) is 0 Å². The summed E-state index contributed by atoms with van der Waals surface area (Å²) >= 11 is 0. The van der Waals surface area contributed by atoms with E-state index in [2.05, 4.69) is 0 Å². The normalized spacial score (nSPS) is 17.1. The standard InChI is InChI=1S/C22H20N2O4/c1-15-6-3-4-7-18(15)23-14-20(25)24(16-9-11-17(27-2)12-10-16)21(22(23)26)19-8-5-13-28-19/h3-13,21H,14H2,1-2H3. The second kappa shape index (κ2) is 7.23. The van der Waals surface area contributed by atoms with Gasteiger partial charge in [-0.1, -0.05) is 18.2 Å². The summed E-state index contributed by atoms with van der Waals surface area (Å²) in [5.74, 6) is 0.706. The molecule has 2 amide bonds. The van der Waals surface area contributed by atoms with E-state index in [1.165, 1.54) is 16.1 Å². The van der Waals surface area contributed by atoms with Crippen molar-refractivity contribution in [3.63, 3.8) is 0 Å². The maximum absolute atomic E-state index is 13.5. The van der Waals surface area contributed by atoms with Crippen LogP contribution in [0.1, 0.15) is 17.4 Å². The van der Waals surface area contributed by atoms with Gasteiger partial charge in [-0.25, -0.2) is 0 Å². The van der Waals surface area contributed by atoms with E-state index >= 15 is 0 Å². The zero-order valence-electron chi connectivity index (χ0n) is 15.7. The van der Waals surface area contributed by atoms with E-state index in [1.807, 2.05) is 31.2 Å². The van der Waals surface area contributed by atoms with Gasteiger partial charge in [-0.15, -0.1) is 0 Å². The number of hydrogen-bond acceptors (Lipinski definition) is 4. The van der Waals surface area contributed by atoms with E-state index in [0.29, 0.717) is 17.2 Å². The van der Waals surface area contributed by atoms with Gasteiger partial charge in [0.25, 0.3) is 5.91 Å². The molecule has 142 valence electrons. The lowest BCUT2D eigenvalue weighted by atomic mass is 10.0. The average molecular weight is 376 g/mol. The van der Waals surface area contributed by atoms with Crippen molar-refractivity contribution < 1.29 is 18.7 Å². The molecule has 0 N–H and O–H groups in total. The minimum Gasteiger partial charge on any atom is -0.497 e. The molecule has 0 aliphatic carbocycles. The van der Waals surface area contributed by atoms with Crippen LogP contribution in [0.4, 0.5) is 11.4 Å². The Morgan fingerprint density at radius 2 is 1.75 bits per heavy atom. The number of nitrogens with zero attached hydrogens (tertiary/aromatic N) is 2. The second-order valence-corrected chi connectivity index (χ2v) is 6.59. The van der Waals surface area contributed by atoms with Crippen LogP contribution in [-0.4, -0.2) is 25.5 Å². The first-order valence-corrected chi connectivity index (χ1v) is 8.96. The fraction of sp³-hybridized carbons (Fsp3) is 0.182. The van der Waals surface area contributed by atoms with Gasteiger partial charge in [0.2, 0.25) is 5.91 Å². The lowest BCUT2D eigenvalue weighted by Crippen LogP contribution is -2.56. The highest BCUT2D eigenvalue weighted by molar-refractivity contribution is 6.14. The van der Waals surface area contributed by atoms with Crippen molar-refractivity contribution in [3.8, 4) is 5.75 Å². The molecule has 4 rings (SSSR count). The molecule has 6 nitrogen and oxygen atoms in total. The van der Waals surface area contributed by atoms with Crippen molar-refractivity contribution in [3.05, 3.63) is 78.3 Å². The number of piperazine rings is 1. The highest BCUT2D eigenvalue weighted by atomic mass is 16.5. The molecule has 0 radical (unpaired) electrons. The van der Waals surface area contributed by atoms with Gasteiger partial charge < -0.3 is 14.1 Å². The molecule has 6 heteroatoms. The topological polar surface area (TPSA) is 63.0 Å². The van der Waals surface area contributed by atoms with E-state index in [9.17, 15) is 9.59 Å². The Morgan fingerprint density at radius 1 is 1.00 bits per heavy atom. The van der Waals surface area contributed by atoms with Gasteiger partial charge in [-0.05, 0) is 55.0 Å². The molecule has 2 heterocycles. The van der Waals surface area contributed by atoms with Crippen LogP contribution >= 0.6 is 0 Å².